The Morgan fingerprint density at radius 2 is 1.50 bits per heavy atom. The van der Waals surface area contributed by atoms with Gasteiger partial charge in [0.05, 0.1) is 0 Å². The molecular formula is C14H15NO2Se. The van der Waals surface area contributed by atoms with Crippen LogP contribution in [-0.4, -0.2) is 30.9 Å². The number of rotatable bonds is 2. The number of hydrogen-bond donors (Lipinski definition) is 0. The van der Waals surface area contributed by atoms with Crippen molar-refractivity contribution in [2.75, 3.05) is 0 Å². The molecule has 1 aromatic rings. The van der Waals surface area contributed by atoms with E-state index < -0.39 is 0 Å². The zero-order chi connectivity index (χ0) is 12.5. The van der Waals surface area contributed by atoms with Gasteiger partial charge in [0, 0.05) is 0 Å². The number of carbonyl (C=O) groups is 2. The molecule has 2 amide bonds. The Hall–Kier alpha value is -1.12. The summed E-state index contributed by atoms with van der Waals surface area (Å²) in [5, 5.41) is 0. The van der Waals surface area contributed by atoms with Gasteiger partial charge in [0.2, 0.25) is 0 Å². The van der Waals surface area contributed by atoms with Crippen molar-refractivity contribution < 1.29 is 9.59 Å². The normalized spacial score (nSPS) is 27.4. The predicted molar refractivity (Wildman–Crippen MR) is 69.1 cm³/mol. The van der Waals surface area contributed by atoms with Crippen molar-refractivity contribution in [2.45, 2.75) is 25.7 Å². The first-order chi connectivity index (χ1) is 8.77. The van der Waals surface area contributed by atoms with Gasteiger partial charge in [0.15, 0.2) is 0 Å². The third-order valence-electron chi connectivity index (χ3n) is 3.74. The number of hydrogen-bond acceptors (Lipinski definition) is 2. The van der Waals surface area contributed by atoms with Crippen molar-refractivity contribution in [3.63, 3.8) is 0 Å². The molecule has 1 saturated carbocycles. The number of nitrogens with zero attached hydrogens (tertiary/aromatic N) is 1. The van der Waals surface area contributed by atoms with Crippen LogP contribution >= 0.6 is 0 Å². The summed E-state index contributed by atoms with van der Waals surface area (Å²) in [6.45, 7) is 0. The first-order valence-electron chi connectivity index (χ1n) is 6.38. The van der Waals surface area contributed by atoms with Gasteiger partial charge in [-0.25, -0.2) is 0 Å². The van der Waals surface area contributed by atoms with Gasteiger partial charge < -0.3 is 0 Å². The Labute approximate surface area is 113 Å². The number of carbonyl (C=O) groups excluding carboxylic acids is 2. The zero-order valence-corrected chi connectivity index (χ0v) is 11.8. The molecule has 3 rings (SSSR count). The molecule has 2 fully saturated rings. The second kappa shape index (κ2) is 4.87. The molecule has 1 saturated heterocycles. The molecule has 2 aliphatic rings. The maximum absolute atomic E-state index is 12.3. The topological polar surface area (TPSA) is 37.4 Å². The second-order valence-electron chi connectivity index (χ2n) is 4.87. The van der Waals surface area contributed by atoms with E-state index in [9.17, 15) is 9.59 Å². The molecule has 0 radical (unpaired) electrons. The first kappa shape index (κ1) is 11.9. The molecule has 0 bridgehead atoms. The van der Waals surface area contributed by atoms with Crippen LogP contribution in [0.3, 0.4) is 0 Å². The monoisotopic (exact) mass is 309 g/mol. The molecule has 0 N–H and O–H groups in total. The summed E-state index contributed by atoms with van der Waals surface area (Å²) in [5.41, 5.74) is 0. The SMILES string of the molecule is O=C1C2CCCCC2C(=O)N1[Se]c1ccccc1. The Kier molecular flexibility index (Phi) is 3.23. The van der Waals surface area contributed by atoms with E-state index in [1.165, 1.54) is 3.92 Å². The number of benzene rings is 1. The van der Waals surface area contributed by atoms with E-state index in [1.807, 2.05) is 30.3 Å². The van der Waals surface area contributed by atoms with Crippen LogP contribution in [0.1, 0.15) is 25.7 Å². The molecule has 0 spiro atoms. The first-order valence-corrected chi connectivity index (χ1v) is 8.00. The maximum atomic E-state index is 12.3. The fourth-order valence-corrected chi connectivity index (χ4v) is 4.78. The van der Waals surface area contributed by atoms with Crippen molar-refractivity contribution in [3.05, 3.63) is 30.3 Å². The summed E-state index contributed by atoms with van der Waals surface area (Å²) in [5.74, 6) is 0.121. The minimum atomic E-state index is -0.188. The summed E-state index contributed by atoms with van der Waals surface area (Å²) in [6, 6.07) is 9.84. The third-order valence-corrected chi connectivity index (χ3v) is 5.89. The fourth-order valence-electron chi connectivity index (χ4n) is 2.81. The number of amides is 2. The van der Waals surface area contributed by atoms with E-state index in [0.717, 1.165) is 30.1 Å². The van der Waals surface area contributed by atoms with Crippen LogP contribution in [0.4, 0.5) is 0 Å². The van der Waals surface area contributed by atoms with Crippen LogP contribution in [0.25, 0.3) is 0 Å². The van der Waals surface area contributed by atoms with E-state index in [1.54, 1.807) is 0 Å². The Morgan fingerprint density at radius 1 is 0.944 bits per heavy atom. The van der Waals surface area contributed by atoms with Gasteiger partial charge in [-0.05, 0) is 0 Å². The molecule has 2 atom stereocenters. The molecule has 1 heterocycles. The van der Waals surface area contributed by atoms with Gasteiger partial charge in [-0.3, -0.25) is 0 Å². The van der Waals surface area contributed by atoms with Gasteiger partial charge in [0.25, 0.3) is 0 Å². The summed E-state index contributed by atoms with van der Waals surface area (Å²) in [4.78, 5) is 24.6. The van der Waals surface area contributed by atoms with Crippen LogP contribution in [0, 0.1) is 11.8 Å². The van der Waals surface area contributed by atoms with E-state index in [-0.39, 0.29) is 38.8 Å². The van der Waals surface area contributed by atoms with Crippen LogP contribution in [0.5, 0.6) is 0 Å². The molecule has 94 valence electrons. The van der Waals surface area contributed by atoms with Crippen LogP contribution in [0.2, 0.25) is 0 Å². The van der Waals surface area contributed by atoms with Crippen molar-refractivity contribution in [1.29, 1.82) is 0 Å². The van der Waals surface area contributed by atoms with Crippen molar-refractivity contribution >= 4 is 31.5 Å². The molecular weight excluding hydrogens is 293 g/mol. The van der Waals surface area contributed by atoms with Gasteiger partial charge >= 0.3 is 113 Å². The van der Waals surface area contributed by atoms with Gasteiger partial charge in [-0.15, -0.1) is 0 Å². The summed E-state index contributed by atoms with van der Waals surface area (Å²) < 4.78 is 2.62. The van der Waals surface area contributed by atoms with E-state index in [4.69, 9.17) is 0 Å². The van der Waals surface area contributed by atoms with Crippen molar-refractivity contribution in [3.8, 4) is 0 Å². The summed E-state index contributed by atoms with van der Waals surface area (Å²) in [6.07, 6.45) is 3.98. The molecule has 2 unspecified atom stereocenters. The Bertz CT molecular complexity index is 450. The number of fused-ring (bicyclic) bond motifs is 1. The molecule has 1 aliphatic heterocycles. The Morgan fingerprint density at radius 3 is 2.06 bits per heavy atom. The van der Waals surface area contributed by atoms with E-state index in [0.29, 0.717) is 0 Å². The molecule has 1 aliphatic carbocycles. The fraction of sp³-hybridized carbons (Fsp3) is 0.429. The van der Waals surface area contributed by atoms with Crippen LogP contribution in [-0.2, 0) is 9.59 Å². The van der Waals surface area contributed by atoms with Gasteiger partial charge in [0.1, 0.15) is 0 Å². The van der Waals surface area contributed by atoms with Crippen LogP contribution < -0.4 is 4.46 Å². The average Bonchev–Trinajstić information content (AvgIpc) is 2.66. The van der Waals surface area contributed by atoms with Gasteiger partial charge in [-0.2, -0.15) is 0 Å². The standard InChI is InChI=1S/C14H15NO2Se/c16-13-11-8-4-5-9-12(11)14(17)15(13)18-10-6-2-1-3-7-10/h1-3,6-7,11-12H,4-5,8-9H2. The zero-order valence-electron chi connectivity index (χ0n) is 10.0. The van der Waals surface area contributed by atoms with Crippen molar-refractivity contribution in [1.82, 2.24) is 3.92 Å². The average molecular weight is 308 g/mol. The third kappa shape index (κ3) is 2.00. The van der Waals surface area contributed by atoms with Crippen molar-refractivity contribution in [2.24, 2.45) is 11.8 Å². The van der Waals surface area contributed by atoms with E-state index >= 15 is 0 Å². The number of imide groups is 1. The molecule has 3 nitrogen and oxygen atoms in total. The molecule has 4 heteroatoms. The van der Waals surface area contributed by atoms with Crippen LogP contribution in [0.15, 0.2) is 30.3 Å². The summed E-state index contributed by atoms with van der Waals surface area (Å²) in [7, 11) is 0. The molecule has 0 aromatic heterocycles. The van der Waals surface area contributed by atoms with E-state index in [2.05, 4.69) is 0 Å². The minimum absolute atomic E-state index is 0.0168. The second-order valence-corrected chi connectivity index (χ2v) is 7.01. The predicted octanol–water partition coefficient (Wildman–Crippen LogP) is 1.11. The van der Waals surface area contributed by atoms with Gasteiger partial charge in [-0.1, -0.05) is 0 Å². The molecule has 1 aromatic carbocycles. The summed E-state index contributed by atoms with van der Waals surface area (Å²) >= 11 is -0.188. The Balaban J connectivity index is 1.80. The molecule has 18 heavy (non-hydrogen) atoms. The quantitative estimate of drug-likeness (QED) is 0.606.